The summed E-state index contributed by atoms with van der Waals surface area (Å²) in [4.78, 5) is 27.4. The first-order chi connectivity index (χ1) is 20.4. The number of carbonyl (C=O) groups is 2. The molecule has 43 heavy (non-hydrogen) atoms. The molecule has 2 aromatic rings. The van der Waals surface area contributed by atoms with Crippen molar-refractivity contribution in [2.24, 2.45) is 0 Å². The van der Waals surface area contributed by atoms with Crippen molar-refractivity contribution in [2.45, 2.75) is 41.0 Å². The van der Waals surface area contributed by atoms with Gasteiger partial charge in [0.1, 0.15) is 6.61 Å². The van der Waals surface area contributed by atoms with Crippen molar-refractivity contribution in [3.63, 3.8) is 0 Å². The lowest BCUT2D eigenvalue weighted by molar-refractivity contribution is -0.163. The van der Waals surface area contributed by atoms with Crippen molar-refractivity contribution in [1.82, 2.24) is 9.80 Å². The molecule has 0 radical (unpaired) electrons. The summed E-state index contributed by atoms with van der Waals surface area (Å²) in [5.74, 6) is 0.719. The Morgan fingerprint density at radius 2 is 1.65 bits per heavy atom. The zero-order valence-electron chi connectivity index (χ0n) is 23.3. The minimum atomic E-state index is -5.32. The van der Waals surface area contributed by atoms with E-state index in [9.17, 15) is 35.9 Å². The Morgan fingerprint density at radius 3 is 2.28 bits per heavy atom. The highest BCUT2D eigenvalue weighted by Gasteiger charge is 2.46. The van der Waals surface area contributed by atoms with Crippen LogP contribution in [0, 0.1) is 0 Å². The van der Waals surface area contributed by atoms with E-state index in [4.69, 9.17) is 4.74 Å². The van der Waals surface area contributed by atoms with Crippen LogP contribution in [-0.2, 0) is 26.7 Å². The van der Waals surface area contributed by atoms with Crippen LogP contribution >= 0.6 is 23.5 Å². The monoisotopic (exact) mass is 647 g/mol. The van der Waals surface area contributed by atoms with Gasteiger partial charge >= 0.3 is 12.4 Å². The van der Waals surface area contributed by atoms with E-state index in [0.717, 1.165) is 24.3 Å². The molecule has 234 valence electrons. The van der Waals surface area contributed by atoms with Crippen LogP contribution in [0.1, 0.15) is 29.5 Å². The molecule has 4 rings (SSSR count). The van der Waals surface area contributed by atoms with Crippen LogP contribution in [0.2, 0.25) is 0 Å². The third kappa shape index (κ3) is 8.85. The number of piperidine rings is 1. The van der Waals surface area contributed by atoms with Crippen LogP contribution in [-0.4, -0.2) is 79.1 Å². The predicted molar refractivity (Wildman–Crippen MR) is 155 cm³/mol. The van der Waals surface area contributed by atoms with Gasteiger partial charge in [0.05, 0.1) is 11.1 Å². The summed E-state index contributed by atoms with van der Waals surface area (Å²) >= 11 is 2.23. The Balaban J connectivity index is 1.56. The van der Waals surface area contributed by atoms with Crippen molar-refractivity contribution in [2.75, 3.05) is 56.7 Å². The SMILES string of the molecule is COCC(=O)N1CCC(Nc2cccc(Sc3ccc(C=CC(=O)N4CCSCC4)c(C(F)(F)F)c3C(F)(F)F)c2)CC1. The zero-order valence-corrected chi connectivity index (χ0v) is 24.9. The van der Waals surface area contributed by atoms with E-state index in [1.54, 1.807) is 34.9 Å². The van der Waals surface area contributed by atoms with Gasteiger partial charge in [-0.3, -0.25) is 9.59 Å². The molecule has 2 amide bonds. The van der Waals surface area contributed by atoms with Crippen LogP contribution in [0.4, 0.5) is 32.0 Å². The molecule has 0 unspecified atom stereocenters. The number of amides is 2. The number of nitrogens with zero attached hydrogens (tertiary/aromatic N) is 2. The number of benzene rings is 2. The van der Waals surface area contributed by atoms with E-state index < -0.39 is 39.8 Å². The molecular formula is C29H31F6N3O3S2. The number of anilines is 1. The standard InChI is InChI=1S/C29H31F6N3O3S2/c1-41-18-25(40)37-11-9-20(10-12-37)36-21-3-2-4-22(17-21)43-23-7-5-19(6-8-24(39)38-13-15-42-16-14-38)26(28(30,31)32)27(23)29(33,34)35/h2-8,17,20,36H,9-16,18H2,1H3. The molecule has 2 aliphatic heterocycles. The molecule has 0 bridgehead atoms. The van der Waals surface area contributed by atoms with Crippen molar-refractivity contribution in [1.29, 1.82) is 0 Å². The number of halogens is 6. The normalized spacial score (nSPS) is 17.0. The fourth-order valence-electron chi connectivity index (χ4n) is 4.96. The summed E-state index contributed by atoms with van der Waals surface area (Å²) in [6.45, 7) is 1.88. The van der Waals surface area contributed by atoms with E-state index in [-0.39, 0.29) is 18.6 Å². The van der Waals surface area contributed by atoms with Gasteiger partial charge in [0, 0.05) is 72.4 Å². The van der Waals surface area contributed by atoms with E-state index in [1.165, 1.54) is 18.1 Å². The van der Waals surface area contributed by atoms with Crippen molar-refractivity contribution >= 4 is 47.1 Å². The molecule has 0 aromatic heterocycles. The van der Waals surface area contributed by atoms with Gasteiger partial charge in [-0.2, -0.15) is 38.1 Å². The molecule has 14 heteroatoms. The van der Waals surface area contributed by atoms with Gasteiger partial charge in [-0.25, -0.2) is 0 Å². The molecule has 2 fully saturated rings. The number of hydrogen-bond acceptors (Lipinski definition) is 6. The van der Waals surface area contributed by atoms with E-state index in [2.05, 4.69) is 5.32 Å². The molecular weight excluding hydrogens is 616 g/mol. The molecule has 2 saturated heterocycles. The maximum absolute atomic E-state index is 14.3. The molecule has 0 saturated carbocycles. The first-order valence-electron chi connectivity index (χ1n) is 13.5. The van der Waals surface area contributed by atoms with E-state index in [1.807, 2.05) is 0 Å². The van der Waals surface area contributed by atoms with Gasteiger partial charge in [-0.05, 0) is 48.7 Å². The summed E-state index contributed by atoms with van der Waals surface area (Å²) in [5.41, 5.74) is -3.74. The highest BCUT2D eigenvalue weighted by molar-refractivity contribution is 7.99. The molecule has 2 aromatic carbocycles. The number of rotatable bonds is 8. The Morgan fingerprint density at radius 1 is 0.977 bits per heavy atom. The lowest BCUT2D eigenvalue weighted by Gasteiger charge is -2.32. The van der Waals surface area contributed by atoms with Gasteiger partial charge in [-0.15, -0.1) is 0 Å². The third-order valence-electron chi connectivity index (χ3n) is 7.04. The second-order valence-corrected chi connectivity index (χ2v) is 12.4. The molecule has 1 N–H and O–H groups in total. The number of thioether (sulfide) groups is 1. The number of nitrogens with one attached hydrogen (secondary N) is 1. The second kappa shape index (κ2) is 14.3. The Bertz CT molecular complexity index is 1320. The third-order valence-corrected chi connectivity index (χ3v) is 9.03. The van der Waals surface area contributed by atoms with Crippen molar-refractivity contribution in [3.8, 4) is 0 Å². The first kappa shape index (κ1) is 33.1. The highest BCUT2D eigenvalue weighted by Crippen LogP contribution is 2.48. The average Bonchev–Trinajstić information content (AvgIpc) is 2.96. The first-order valence-corrected chi connectivity index (χ1v) is 15.5. The minimum Gasteiger partial charge on any atom is -0.382 e. The largest absolute Gasteiger partial charge is 0.418 e. The number of likely N-dealkylation sites (tertiary alicyclic amines) is 1. The van der Waals surface area contributed by atoms with Crippen molar-refractivity contribution < 1.29 is 40.7 Å². The molecule has 0 aliphatic carbocycles. The van der Waals surface area contributed by atoms with Crippen LogP contribution < -0.4 is 5.32 Å². The average molecular weight is 648 g/mol. The number of carbonyl (C=O) groups excluding carboxylic acids is 2. The second-order valence-electron chi connectivity index (χ2n) is 10.0. The topological polar surface area (TPSA) is 61.9 Å². The van der Waals surface area contributed by atoms with Crippen molar-refractivity contribution in [3.05, 3.63) is 59.2 Å². The quantitative estimate of drug-likeness (QED) is 0.261. The highest BCUT2D eigenvalue weighted by atomic mass is 32.2. The smallest absolute Gasteiger partial charge is 0.382 e. The van der Waals surface area contributed by atoms with Crippen LogP contribution in [0.25, 0.3) is 6.08 Å². The molecule has 0 spiro atoms. The van der Waals surface area contributed by atoms with Gasteiger partial charge in [0.25, 0.3) is 0 Å². The Kier molecular flexibility index (Phi) is 11.0. The molecule has 2 heterocycles. The van der Waals surface area contributed by atoms with Gasteiger partial charge in [0.15, 0.2) is 0 Å². The predicted octanol–water partition coefficient (Wildman–Crippen LogP) is 6.51. The van der Waals surface area contributed by atoms with Gasteiger partial charge < -0.3 is 19.9 Å². The molecule has 2 aliphatic rings. The van der Waals surface area contributed by atoms with Crippen LogP contribution in [0.15, 0.2) is 52.3 Å². The summed E-state index contributed by atoms with van der Waals surface area (Å²) in [6, 6.07) is 8.44. The Labute approximate surface area is 254 Å². The van der Waals surface area contributed by atoms with Crippen LogP contribution in [0.3, 0.4) is 0 Å². The summed E-state index contributed by atoms with van der Waals surface area (Å²) < 4.78 is 90.3. The summed E-state index contributed by atoms with van der Waals surface area (Å²) in [7, 11) is 1.45. The molecule has 6 nitrogen and oxygen atoms in total. The van der Waals surface area contributed by atoms with Gasteiger partial charge in [-0.1, -0.05) is 23.9 Å². The number of alkyl halides is 6. The molecule has 0 atom stereocenters. The minimum absolute atomic E-state index is 0.000626. The lowest BCUT2D eigenvalue weighted by atomic mass is 9.99. The Hall–Kier alpha value is -2.84. The van der Waals surface area contributed by atoms with Gasteiger partial charge in [0.2, 0.25) is 11.8 Å². The number of methoxy groups -OCH3 is 1. The van der Waals surface area contributed by atoms with E-state index >= 15 is 0 Å². The zero-order chi connectivity index (χ0) is 31.2. The number of ether oxygens (including phenoxy) is 1. The van der Waals surface area contributed by atoms with E-state index in [0.29, 0.717) is 72.9 Å². The fraction of sp³-hybridized carbons (Fsp3) is 0.448. The summed E-state index contributed by atoms with van der Waals surface area (Å²) in [5, 5.41) is 3.31. The van der Waals surface area contributed by atoms with Crippen LogP contribution in [0.5, 0.6) is 0 Å². The summed E-state index contributed by atoms with van der Waals surface area (Å²) in [6.07, 6.45) is -7.62. The maximum Gasteiger partial charge on any atom is 0.418 e. The number of hydrogen-bond donors (Lipinski definition) is 1. The maximum atomic E-state index is 14.3. The lowest BCUT2D eigenvalue weighted by Crippen LogP contribution is -2.43. The fourth-order valence-corrected chi connectivity index (χ4v) is 6.91.